The van der Waals surface area contributed by atoms with Crippen LogP contribution in [0.5, 0.6) is 5.75 Å². The van der Waals surface area contributed by atoms with E-state index in [1.165, 1.54) is 0 Å². The summed E-state index contributed by atoms with van der Waals surface area (Å²) in [6, 6.07) is 7.15. The molecule has 0 unspecified atom stereocenters. The van der Waals surface area contributed by atoms with Crippen molar-refractivity contribution in [3.63, 3.8) is 0 Å². The Morgan fingerprint density at radius 2 is 1.72 bits per heavy atom. The molecule has 0 aliphatic rings. The first kappa shape index (κ1) is 16.7. The van der Waals surface area contributed by atoms with Gasteiger partial charge < -0.3 is 10.2 Å². The third-order valence-electron chi connectivity index (χ3n) is 1.81. The number of rotatable bonds is 1. The normalized spacial score (nSPS) is 9.83. The summed E-state index contributed by atoms with van der Waals surface area (Å²) in [6.45, 7) is 0.0999. The van der Waals surface area contributed by atoms with Gasteiger partial charge in [0.2, 0.25) is 0 Å². The van der Waals surface area contributed by atoms with Crippen LogP contribution in [-0.4, -0.2) is 10.2 Å². The number of aromatic hydroxyl groups is 1. The molecule has 2 nitrogen and oxygen atoms in total. The molecule has 98 valence electrons. The molecule has 18 heavy (non-hydrogen) atoms. The Morgan fingerprint density at radius 3 is 2.06 bits per heavy atom. The highest BCUT2D eigenvalue weighted by Crippen LogP contribution is 2.31. The SMILES string of the molecule is OCc1cc(Br)sc1Br.Oc1cc(Br)ccc1Br. The maximum absolute atomic E-state index is 9.02. The Balaban J connectivity index is 0.000000180. The second-order valence-corrected chi connectivity index (χ2v) is 8.62. The van der Waals surface area contributed by atoms with Crippen LogP contribution in [0, 0.1) is 0 Å². The van der Waals surface area contributed by atoms with E-state index in [0.717, 1.165) is 17.6 Å². The molecule has 0 spiro atoms. The van der Waals surface area contributed by atoms with Gasteiger partial charge in [-0.15, -0.1) is 11.3 Å². The van der Waals surface area contributed by atoms with E-state index in [0.29, 0.717) is 4.47 Å². The summed E-state index contributed by atoms with van der Waals surface area (Å²) in [7, 11) is 0. The molecule has 0 bridgehead atoms. The maximum Gasteiger partial charge on any atom is 0.130 e. The van der Waals surface area contributed by atoms with Gasteiger partial charge in [0.05, 0.1) is 18.7 Å². The molecule has 0 fully saturated rings. The first-order chi connectivity index (χ1) is 8.43. The van der Waals surface area contributed by atoms with Gasteiger partial charge in [0, 0.05) is 10.0 Å². The van der Waals surface area contributed by atoms with E-state index in [-0.39, 0.29) is 12.4 Å². The molecule has 1 aromatic heterocycles. The zero-order valence-corrected chi connectivity index (χ0v) is 16.0. The van der Waals surface area contributed by atoms with Gasteiger partial charge in [-0.2, -0.15) is 0 Å². The van der Waals surface area contributed by atoms with Gasteiger partial charge in [0.25, 0.3) is 0 Å². The average Bonchev–Trinajstić information content (AvgIpc) is 2.64. The fourth-order valence-corrected chi connectivity index (χ4v) is 4.37. The van der Waals surface area contributed by atoms with Gasteiger partial charge in [-0.3, -0.25) is 0 Å². The molecule has 0 saturated carbocycles. The van der Waals surface area contributed by atoms with Crippen molar-refractivity contribution < 1.29 is 10.2 Å². The van der Waals surface area contributed by atoms with Gasteiger partial charge in [0.15, 0.2) is 0 Å². The van der Waals surface area contributed by atoms with E-state index >= 15 is 0 Å². The van der Waals surface area contributed by atoms with Crippen LogP contribution in [0.2, 0.25) is 0 Å². The van der Waals surface area contributed by atoms with E-state index in [9.17, 15) is 0 Å². The van der Waals surface area contributed by atoms with Crippen molar-refractivity contribution in [2.24, 2.45) is 0 Å². The van der Waals surface area contributed by atoms with Gasteiger partial charge in [-0.05, 0) is 72.1 Å². The highest BCUT2D eigenvalue weighted by atomic mass is 79.9. The molecule has 0 atom stereocenters. The molecular weight excluding hydrogens is 516 g/mol. The molecule has 0 amide bonds. The number of thiophene rings is 1. The van der Waals surface area contributed by atoms with Crippen molar-refractivity contribution in [1.82, 2.24) is 0 Å². The Hall–Kier alpha value is 0.600. The summed E-state index contributed by atoms with van der Waals surface area (Å²) in [5, 5.41) is 17.7. The number of halogens is 4. The fraction of sp³-hybridized carbons (Fsp3) is 0.0909. The van der Waals surface area contributed by atoms with Crippen molar-refractivity contribution in [3.05, 3.63) is 46.3 Å². The Labute approximate surface area is 143 Å². The standard InChI is InChI=1S/C6H4Br2O.C5H4Br2OS/c7-4-1-2-5(8)6(9)3-4;6-4-1-3(2-8)5(7)9-4/h1-3,9H;1,8H,2H2. The van der Waals surface area contributed by atoms with E-state index in [2.05, 4.69) is 63.7 Å². The number of hydrogen-bond donors (Lipinski definition) is 2. The summed E-state index contributed by atoms with van der Waals surface area (Å²) < 4.78 is 3.63. The Bertz CT molecular complexity index is 528. The van der Waals surface area contributed by atoms with E-state index in [4.69, 9.17) is 10.2 Å². The van der Waals surface area contributed by atoms with E-state index < -0.39 is 0 Å². The number of phenolic OH excluding ortho intramolecular Hbond substituents is 1. The Morgan fingerprint density at radius 1 is 1.06 bits per heavy atom. The molecule has 7 heteroatoms. The molecule has 0 aliphatic carbocycles. The third-order valence-corrected chi connectivity index (χ3v) is 5.43. The van der Waals surface area contributed by atoms with Crippen LogP contribution in [0.3, 0.4) is 0 Å². The van der Waals surface area contributed by atoms with Crippen molar-refractivity contribution in [2.75, 3.05) is 0 Å². The molecule has 2 rings (SSSR count). The minimum absolute atomic E-state index is 0.0999. The van der Waals surface area contributed by atoms with Crippen molar-refractivity contribution in [2.45, 2.75) is 6.61 Å². The highest BCUT2D eigenvalue weighted by Gasteiger charge is 2.01. The average molecular weight is 524 g/mol. The van der Waals surface area contributed by atoms with Gasteiger partial charge in [0.1, 0.15) is 5.75 Å². The number of aliphatic hydroxyl groups excluding tert-OH is 1. The van der Waals surface area contributed by atoms with Crippen LogP contribution in [0.15, 0.2) is 40.8 Å². The van der Waals surface area contributed by atoms with Gasteiger partial charge >= 0.3 is 0 Å². The van der Waals surface area contributed by atoms with Crippen LogP contribution in [0.25, 0.3) is 0 Å². The van der Waals surface area contributed by atoms with Crippen LogP contribution >= 0.6 is 75.1 Å². The summed E-state index contributed by atoms with van der Waals surface area (Å²) in [4.78, 5) is 0. The zero-order valence-electron chi connectivity index (χ0n) is 8.83. The number of hydrogen-bond acceptors (Lipinski definition) is 3. The highest BCUT2D eigenvalue weighted by molar-refractivity contribution is 9.12. The minimum Gasteiger partial charge on any atom is -0.507 e. The molecule has 1 heterocycles. The van der Waals surface area contributed by atoms with Crippen molar-refractivity contribution >= 4 is 75.1 Å². The monoisotopic (exact) mass is 520 g/mol. The third kappa shape index (κ3) is 5.30. The summed E-state index contributed by atoms with van der Waals surface area (Å²) in [6.07, 6.45) is 0. The lowest BCUT2D eigenvalue weighted by molar-refractivity contribution is 0.281. The van der Waals surface area contributed by atoms with E-state index in [1.807, 2.05) is 12.1 Å². The number of benzene rings is 1. The molecule has 1 aromatic carbocycles. The van der Waals surface area contributed by atoms with Gasteiger partial charge in [-0.1, -0.05) is 15.9 Å². The quantitative estimate of drug-likeness (QED) is 0.505. The second-order valence-electron chi connectivity index (χ2n) is 3.10. The molecular formula is C11H8Br4O2S. The lowest BCUT2D eigenvalue weighted by Gasteiger charge is -1.94. The smallest absolute Gasteiger partial charge is 0.130 e. The number of aliphatic hydroxyl groups is 1. The van der Waals surface area contributed by atoms with E-state index in [1.54, 1.807) is 23.5 Å². The predicted octanol–water partition coefficient (Wildman–Crippen LogP) is 5.68. The zero-order chi connectivity index (χ0) is 13.7. The minimum atomic E-state index is 0.0999. The van der Waals surface area contributed by atoms with Crippen LogP contribution < -0.4 is 0 Å². The number of phenols is 1. The van der Waals surface area contributed by atoms with Crippen molar-refractivity contribution in [3.8, 4) is 5.75 Å². The van der Waals surface area contributed by atoms with Crippen molar-refractivity contribution in [1.29, 1.82) is 0 Å². The lowest BCUT2D eigenvalue weighted by Crippen LogP contribution is -1.75. The second kappa shape index (κ2) is 8.01. The summed E-state index contributed by atoms with van der Waals surface area (Å²) in [5.41, 5.74) is 0.937. The van der Waals surface area contributed by atoms with Gasteiger partial charge in [-0.25, -0.2) is 0 Å². The molecule has 2 N–H and O–H groups in total. The predicted molar refractivity (Wildman–Crippen MR) is 89.1 cm³/mol. The summed E-state index contributed by atoms with van der Waals surface area (Å²) >= 11 is 14.5. The fourth-order valence-electron chi connectivity index (χ4n) is 0.968. The molecule has 2 aromatic rings. The first-order valence-electron chi connectivity index (χ1n) is 4.62. The largest absolute Gasteiger partial charge is 0.507 e. The molecule has 0 saturated heterocycles. The Kier molecular flexibility index (Phi) is 7.41. The molecule has 0 aliphatic heterocycles. The first-order valence-corrected chi connectivity index (χ1v) is 8.61. The van der Waals surface area contributed by atoms with Crippen LogP contribution in [-0.2, 0) is 6.61 Å². The van der Waals surface area contributed by atoms with Crippen LogP contribution in [0.4, 0.5) is 0 Å². The topological polar surface area (TPSA) is 40.5 Å². The summed E-state index contributed by atoms with van der Waals surface area (Å²) in [5.74, 6) is 0.254. The van der Waals surface area contributed by atoms with Crippen LogP contribution in [0.1, 0.15) is 5.56 Å². The maximum atomic E-state index is 9.02. The molecule has 0 radical (unpaired) electrons. The lowest BCUT2D eigenvalue weighted by atomic mass is 10.3.